The molecule has 0 bridgehead atoms. The van der Waals surface area contributed by atoms with Gasteiger partial charge in [0.15, 0.2) is 0 Å². The van der Waals surface area contributed by atoms with E-state index in [9.17, 15) is 0 Å². The van der Waals surface area contributed by atoms with E-state index < -0.39 is 0 Å². The molecule has 0 aliphatic heterocycles. The van der Waals surface area contributed by atoms with Crippen LogP contribution in [-0.2, 0) is 0 Å². The van der Waals surface area contributed by atoms with Crippen LogP contribution in [0.4, 0.5) is 0 Å². The molecule has 0 aromatic rings. The Bertz CT molecular complexity index is 232. The van der Waals surface area contributed by atoms with E-state index in [0.717, 1.165) is 17.8 Å². The Labute approximate surface area is 113 Å². The fraction of sp³-hybridized carbons (Fsp3) is 0.941. The molecular weight excluding hydrogens is 218 g/mol. The van der Waals surface area contributed by atoms with Crippen LogP contribution in [0.25, 0.3) is 0 Å². The molecule has 0 aromatic carbocycles. The summed E-state index contributed by atoms with van der Waals surface area (Å²) in [6.45, 7) is 6.03. The number of unbranched alkanes of at least 4 members (excludes halogenated alkanes) is 1. The van der Waals surface area contributed by atoms with Crippen molar-refractivity contribution < 1.29 is 0 Å². The molecule has 18 heavy (non-hydrogen) atoms. The van der Waals surface area contributed by atoms with Crippen molar-refractivity contribution in [2.75, 3.05) is 0 Å². The third-order valence-corrected chi connectivity index (χ3v) is 5.52. The van der Waals surface area contributed by atoms with Crippen molar-refractivity contribution in [3.05, 3.63) is 0 Å². The Hall–Kier alpha value is -0.330. The highest BCUT2D eigenvalue weighted by Gasteiger charge is 2.30. The number of nitrogens with zero attached hydrogens (tertiary/aromatic N) is 1. The molecule has 0 spiro atoms. The van der Waals surface area contributed by atoms with Crippen LogP contribution in [0.3, 0.4) is 0 Å². The lowest BCUT2D eigenvalue weighted by Crippen LogP contribution is -2.26. The average molecular weight is 249 g/mol. The first kappa shape index (κ1) is 14.1. The van der Waals surface area contributed by atoms with Crippen LogP contribution < -0.4 is 0 Å². The molecule has 2 fully saturated rings. The van der Waals surface area contributed by atoms with Gasteiger partial charge in [0, 0.05) is 6.04 Å². The zero-order valence-corrected chi connectivity index (χ0v) is 12.2. The van der Waals surface area contributed by atoms with E-state index in [2.05, 4.69) is 18.6 Å². The summed E-state index contributed by atoms with van der Waals surface area (Å²) in [5.74, 6) is 3.14. The maximum absolute atomic E-state index is 4.22. The summed E-state index contributed by atoms with van der Waals surface area (Å²) in [5.41, 5.74) is 0. The zero-order valence-electron chi connectivity index (χ0n) is 12.2. The van der Waals surface area contributed by atoms with E-state index in [0.29, 0.717) is 6.04 Å². The molecule has 2 aliphatic carbocycles. The van der Waals surface area contributed by atoms with E-state index in [1.165, 1.54) is 70.6 Å². The van der Waals surface area contributed by atoms with Crippen molar-refractivity contribution in [3.8, 4) is 0 Å². The molecule has 0 saturated heterocycles. The molecule has 2 rings (SSSR count). The second kappa shape index (κ2) is 7.31. The maximum Gasteiger partial charge on any atom is 0.0492 e. The largest absolute Gasteiger partial charge is 0.298 e. The van der Waals surface area contributed by atoms with Crippen molar-refractivity contribution in [2.24, 2.45) is 22.7 Å². The van der Waals surface area contributed by atoms with Crippen molar-refractivity contribution >= 4 is 6.72 Å². The van der Waals surface area contributed by atoms with Gasteiger partial charge in [0.2, 0.25) is 0 Å². The van der Waals surface area contributed by atoms with Crippen LogP contribution in [0.1, 0.15) is 77.6 Å². The molecule has 0 unspecified atom stereocenters. The lowest BCUT2D eigenvalue weighted by Gasteiger charge is -2.37. The van der Waals surface area contributed by atoms with Crippen molar-refractivity contribution in [3.63, 3.8) is 0 Å². The molecule has 2 aliphatic rings. The van der Waals surface area contributed by atoms with Crippen molar-refractivity contribution in [1.29, 1.82) is 0 Å². The summed E-state index contributed by atoms with van der Waals surface area (Å²) in [6.07, 6.45) is 15.9. The van der Waals surface area contributed by atoms with Gasteiger partial charge in [-0.15, -0.1) is 0 Å². The van der Waals surface area contributed by atoms with E-state index in [4.69, 9.17) is 0 Å². The minimum Gasteiger partial charge on any atom is -0.298 e. The van der Waals surface area contributed by atoms with Gasteiger partial charge in [0.1, 0.15) is 0 Å². The molecule has 0 amide bonds. The predicted molar refractivity (Wildman–Crippen MR) is 80.3 cm³/mol. The SMILES string of the molecule is C=NC1CCC(C2CCC(CCCC)CC2)CC1. The monoisotopic (exact) mass is 249 g/mol. The highest BCUT2D eigenvalue weighted by Crippen LogP contribution is 2.41. The van der Waals surface area contributed by atoms with E-state index >= 15 is 0 Å². The molecule has 0 N–H and O–H groups in total. The summed E-state index contributed by atoms with van der Waals surface area (Å²) in [5, 5.41) is 0. The second-order valence-electron chi connectivity index (χ2n) is 6.67. The molecule has 104 valence electrons. The number of rotatable bonds is 5. The molecule has 0 atom stereocenters. The van der Waals surface area contributed by atoms with Crippen LogP contribution in [0.5, 0.6) is 0 Å². The number of aliphatic imine (C=N–C) groups is 1. The highest BCUT2D eigenvalue weighted by molar-refractivity contribution is 5.24. The van der Waals surface area contributed by atoms with Gasteiger partial charge in [0.05, 0.1) is 0 Å². The first-order valence-corrected chi connectivity index (χ1v) is 8.29. The summed E-state index contributed by atoms with van der Waals surface area (Å²) in [6, 6.07) is 0.585. The Morgan fingerprint density at radius 1 is 0.889 bits per heavy atom. The molecule has 0 radical (unpaired) electrons. The van der Waals surface area contributed by atoms with Crippen LogP contribution >= 0.6 is 0 Å². The Balaban J connectivity index is 1.68. The van der Waals surface area contributed by atoms with E-state index in [1.54, 1.807) is 0 Å². The topological polar surface area (TPSA) is 12.4 Å². The van der Waals surface area contributed by atoms with Gasteiger partial charge in [-0.1, -0.05) is 39.0 Å². The highest BCUT2D eigenvalue weighted by atomic mass is 14.7. The molecular formula is C17H31N. The number of hydrogen-bond donors (Lipinski definition) is 0. The molecule has 2 saturated carbocycles. The summed E-state index contributed by atoms with van der Waals surface area (Å²) >= 11 is 0. The average Bonchev–Trinajstić information content (AvgIpc) is 2.46. The van der Waals surface area contributed by atoms with Crippen LogP contribution in [0.15, 0.2) is 4.99 Å². The van der Waals surface area contributed by atoms with Crippen LogP contribution in [0.2, 0.25) is 0 Å². The fourth-order valence-electron chi connectivity index (χ4n) is 4.20. The Kier molecular flexibility index (Phi) is 5.72. The first-order chi connectivity index (χ1) is 8.83. The molecule has 1 nitrogen and oxygen atoms in total. The van der Waals surface area contributed by atoms with Crippen LogP contribution in [-0.4, -0.2) is 12.8 Å². The predicted octanol–water partition coefficient (Wildman–Crippen LogP) is 5.24. The first-order valence-electron chi connectivity index (χ1n) is 8.29. The minimum atomic E-state index is 0.585. The van der Waals surface area contributed by atoms with Gasteiger partial charge in [-0.2, -0.15) is 0 Å². The van der Waals surface area contributed by atoms with Gasteiger partial charge < -0.3 is 0 Å². The Morgan fingerprint density at radius 3 is 1.94 bits per heavy atom. The third kappa shape index (κ3) is 3.83. The minimum absolute atomic E-state index is 0.585. The smallest absolute Gasteiger partial charge is 0.0492 e. The molecule has 0 aromatic heterocycles. The van der Waals surface area contributed by atoms with Gasteiger partial charge in [-0.25, -0.2) is 0 Å². The van der Waals surface area contributed by atoms with Gasteiger partial charge in [0.25, 0.3) is 0 Å². The van der Waals surface area contributed by atoms with Gasteiger partial charge in [-0.05, 0) is 63.0 Å². The van der Waals surface area contributed by atoms with Crippen molar-refractivity contribution in [2.45, 2.75) is 83.6 Å². The standard InChI is InChI=1S/C17H31N/c1-3-4-5-14-6-8-15(9-7-14)16-10-12-17(18-2)13-11-16/h14-17H,2-13H2,1H3. The van der Waals surface area contributed by atoms with Crippen LogP contribution in [0, 0.1) is 17.8 Å². The summed E-state index contributed by atoms with van der Waals surface area (Å²) in [7, 11) is 0. The molecule has 1 heteroatoms. The maximum atomic E-state index is 4.22. The zero-order chi connectivity index (χ0) is 12.8. The van der Waals surface area contributed by atoms with Gasteiger partial charge in [-0.3, -0.25) is 4.99 Å². The van der Waals surface area contributed by atoms with E-state index in [1.807, 2.05) is 0 Å². The van der Waals surface area contributed by atoms with Gasteiger partial charge >= 0.3 is 0 Å². The van der Waals surface area contributed by atoms with Crippen molar-refractivity contribution in [1.82, 2.24) is 0 Å². The molecule has 0 heterocycles. The fourth-order valence-corrected chi connectivity index (χ4v) is 4.20. The lowest BCUT2D eigenvalue weighted by molar-refractivity contribution is 0.157. The normalized spacial score (nSPS) is 37.4. The second-order valence-corrected chi connectivity index (χ2v) is 6.67. The number of hydrogen-bond acceptors (Lipinski definition) is 1. The third-order valence-electron chi connectivity index (χ3n) is 5.52. The summed E-state index contributed by atoms with van der Waals surface area (Å²) in [4.78, 5) is 4.22. The summed E-state index contributed by atoms with van der Waals surface area (Å²) < 4.78 is 0. The lowest BCUT2D eigenvalue weighted by atomic mass is 9.69. The van der Waals surface area contributed by atoms with E-state index in [-0.39, 0.29) is 0 Å². The Morgan fingerprint density at radius 2 is 1.44 bits per heavy atom. The quantitative estimate of drug-likeness (QED) is 0.591.